The molecule has 1 heterocycles. The molecular weight excluding hydrogens is 345 g/mol. The van der Waals surface area contributed by atoms with Gasteiger partial charge < -0.3 is 10.3 Å². The molecule has 8 heteroatoms. The number of anilines is 1. The zero-order valence-corrected chi connectivity index (χ0v) is 14.1. The summed E-state index contributed by atoms with van der Waals surface area (Å²) in [4.78, 5) is 30.4. The number of hydrogen-bond donors (Lipinski definition) is 2. The summed E-state index contributed by atoms with van der Waals surface area (Å²) >= 11 is 13.0. The maximum atomic E-state index is 12.2. The molecule has 1 aromatic heterocycles. The Morgan fingerprint density at radius 2 is 2.09 bits per heavy atom. The van der Waals surface area contributed by atoms with E-state index in [4.69, 9.17) is 23.2 Å². The second-order valence-electron chi connectivity index (χ2n) is 4.57. The Balaban J connectivity index is 2.09. The van der Waals surface area contributed by atoms with Gasteiger partial charge >= 0.3 is 0 Å². The fraction of sp³-hybridized carbons (Fsp3) is 0.214. The average Bonchev–Trinajstić information content (AvgIpc) is 2.41. The minimum atomic E-state index is -0.472. The number of thioether (sulfide) groups is 1. The number of nitrogens with one attached hydrogen (secondary N) is 2. The first-order valence-electron chi connectivity index (χ1n) is 6.35. The minimum Gasteiger partial charge on any atom is -0.324 e. The molecule has 0 saturated carbocycles. The molecule has 2 N–H and O–H groups in total. The number of aromatic nitrogens is 2. The van der Waals surface area contributed by atoms with Crippen LogP contribution in [-0.2, 0) is 4.79 Å². The van der Waals surface area contributed by atoms with Crippen molar-refractivity contribution < 1.29 is 4.79 Å². The van der Waals surface area contributed by atoms with E-state index in [0.717, 1.165) is 11.8 Å². The summed E-state index contributed by atoms with van der Waals surface area (Å²) in [5.74, 6) is -0.265. The third-order valence-corrected chi connectivity index (χ3v) is 4.24. The highest BCUT2D eigenvalue weighted by atomic mass is 35.5. The number of aryl methyl sites for hydroxylation is 1. The van der Waals surface area contributed by atoms with Crippen LogP contribution >= 0.6 is 35.0 Å². The molecule has 0 spiro atoms. The van der Waals surface area contributed by atoms with Crippen LogP contribution in [0.3, 0.4) is 0 Å². The van der Waals surface area contributed by atoms with Crippen molar-refractivity contribution >= 4 is 46.6 Å². The van der Waals surface area contributed by atoms with Gasteiger partial charge in [-0.1, -0.05) is 35.0 Å². The summed E-state index contributed by atoms with van der Waals surface area (Å²) in [6.07, 6.45) is 0. The van der Waals surface area contributed by atoms with E-state index in [9.17, 15) is 9.59 Å². The van der Waals surface area contributed by atoms with Crippen LogP contribution in [0.1, 0.15) is 12.6 Å². The molecule has 0 aliphatic rings. The minimum absolute atomic E-state index is 0.250. The first kappa shape index (κ1) is 16.9. The first-order chi connectivity index (χ1) is 10.3. The van der Waals surface area contributed by atoms with Crippen molar-refractivity contribution in [3.05, 3.63) is 50.4 Å². The highest BCUT2D eigenvalue weighted by Gasteiger charge is 2.17. The van der Waals surface area contributed by atoms with Crippen molar-refractivity contribution in [1.29, 1.82) is 0 Å². The van der Waals surface area contributed by atoms with Gasteiger partial charge in [0.15, 0.2) is 5.16 Å². The van der Waals surface area contributed by atoms with Crippen LogP contribution in [0.5, 0.6) is 0 Å². The van der Waals surface area contributed by atoms with Crippen LogP contribution in [0.15, 0.2) is 34.2 Å². The van der Waals surface area contributed by atoms with Crippen molar-refractivity contribution in [2.24, 2.45) is 0 Å². The smallest absolute Gasteiger partial charge is 0.251 e. The fourth-order valence-electron chi connectivity index (χ4n) is 1.66. The molecule has 0 bridgehead atoms. The largest absolute Gasteiger partial charge is 0.324 e. The first-order valence-corrected chi connectivity index (χ1v) is 7.99. The van der Waals surface area contributed by atoms with Gasteiger partial charge in [-0.2, -0.15) is 0 Å². The number of aromatic amines is 1. The lowest BCUT2D eigenvalue weighted by Gasteiger charge is -2.12. The van der Waals surface area contributed by atoms with Crippen molar-refractivity contribution in [3.8, 4) is 0 Å². The van der Waals surface area contributed by atoms with Gasteiger partial charge in [-0.05, 0) is 32.0 Å². The lowest BCUT2D eigenvalue weighted by Crippen LogP contribution is -2.23. The van der Waals surface area contributed by atoms with Crippen LogP contribution in [0.2, 0.25) is 10.0 Å². The van der Waals surface area contributed by atoms with Gasteiger partial charge in [0.05, 0.1) is 16.0 Å². The third-order valence-electron chi connectivity index (χ3n) is 2.69. The Hall–Kier alpha value is -1.50. The zero-order chi connectivity index (χ0) is 16.3. The van der Waals surface area contributed by atoms with E-state index >= 15 is 0 Å². The van der Waals surface area contributed by atoms with Gasteiger partial charge in [0.25, 0.3) is 5.56 Å². The Kier molecular flexibility index (Phi) is 5.50. The van der Waals surface area contributed by atoms with E-state index in [1.807, 2.05) is 0 Å². The highest BCUT2D eigenvalue weighted by molar-refractivity contribution is 8.00. The molecule has 0 fully saturated rings. The summed E-state index contributed by atoms with van der Waals surface area (Å²) in [5, 5.41) is 3.50. The average molecular weight is 358 g/mol. The summed E-state index contributed by atoms with van der Waals surface area (Å²) in [6.45, 7) is 3.43. The number of carbonyl (C=O) groups is 1. The number of rotatable bonds is 4. The molecule has 0 radical (unpaired) electrons. The van der Waals surface area contributed by atoms with Crippen LogP contribution in [0.25, 0.3) is 0 Å². The topological polar surface area (TPSA) is 74.8 Å². The van der Waals surface area contributed by atoms with Gasteiger partial charge in [0, 0.05) is 16.8 Å². The van der Waals surface area contributed by atoms with E-state index in [1.165, 1.54) is 6.07 Å². The highest BCUT2D eigenvalue weighted by Crippen LogP contribution is 2.27. The second-order valence-corrected chi connectivity index (χ2v) is 6.74. The van der Waals surface area contributed by atoms with E-state index < -0.39 is 5.25 Å². The number of nitrogens with zero attached hydrogens (tertiary/aromatic N) is 1. The number of H-pyrrole nitrogens is 1. The van der Waals surface area contributed by atoms with Crippen molar-refractivity contribution in [2.45, 2.75) is 24.3 Å². The molecule has 1 aromatic carbocycles. The van der Waals surface area contributed by atoms with Crippen LogP contribution in [0, 0.1) is 6.92 Å². The Labute approximate surface area is 141 Å². The lowest BCUT2D eigenvalue weighted by atomic mass is 10.3. The molecular formula is C14H13Cl2N3O2S. The van der Waals surface area contributed by atoms with Crippen molar-refractivity contribution in [1.82, 2.24) is 9.97 Å². The molecule has 1 unspecified atom stereocenters. The number of carbonyl (C=O) groups excluding carboxylic acids is 1. The number of amides is 1. The molecule has 0 saturated heterocycles. The molecule has 1 amide bonds. The van der Waals surface area contributed by atoms with Gasteiger partial charge in [-0.25, -0.2) is 4.98 Å². The summed E-state index contributed by atoms with van der Waals surface area (Å²) in [7, 11) is 0. The molecule has 2 aromatic rings. The Morgan fingerprint density at radius 1 is 1.36 bits per heavy atom. The van der Waals surface area contributed by atoms with Gasteiger partial charge in [-0.3, -0.25) is 9.59 Å². The molecule has 2 rings (SSSR count). The molecule has 0 aliphatic heterocycles. The zero-order valence-electron chi connectivity index (χ0n) is 11.8. The lowest BCUT2D eigenvalue weighted by molar-refractivity contribution is -0.115. The third kappa shape index (κ3) is 4.50. The summed E-state index contributed by atoms with van der Waals surface area (Å²) in [5.41, 5.74) is 0.787. The number of halogens is 2. The predicted molar refractivity (Wildman–Crippen MR) is 90.0 cm³/mol. The quantitative estimate of drug-likeness (QED) is 0.648. The normalized spacial score (nSPS) is 12.0. The van der Waals surface area contributed by atoms with E-state index in [-0.39, 0.29) is 11.5 Å². The van der Waals surface area contributed by atoms with Gasteiger partial charge in [0.2, 0.25) is 5.91 Å². The Bertz CT molecular complexity index is 764. The fourth-order valence-corrected chi connectivity index (χ4v) is 2.85. The summed E-state index contributed by atoms with van der Waals surface area (Å²) < 4.78 is 0. The number of benzene rings is 1. The van der Waals surface area contributed by atoms with Crippen LogP contribution < -0.4 is 10.9 Å². The number of hydrogen-bond acceptors (Lipinski definition) is 4. The molecule has 1 atom stereocenters. The van der Waals surface area contributed by atoms with Crippen molar-refractivity contribution in [3.63, 3.8) is 0 Å². The molecule has 0 aliphatic carbocycles. The molecule has 5 nitrogen and oxygen atoms in total. The standard InChI is InChI=1S/C14H13Cl2N3O2S/c1-7-5-12(20)19-14(17-7)22-8(2)13(21)18-11-6-9(15)3-4-10(11)16/h3-6,8H,1-2H3,(H,18,21)(H,17,19,20). The predicted octanol–water partition coefficient (Wildman–Crippen LogP) is 3.50. The van der Waals surface area contributed by atoms with Crippen molar-refractivity contribution in [2.75, 3.05) is 5.32 Å². The van der Waals surface area contributed by atoms with Crippen LogP contribution in [0.4, 0.5) is 5.69 Å². The molecule has 116 valence electrons. The maximum absolute atomic E-state index is 12.2. The van der Waals surface area contributed by atoms with Gasteiger partial charge in [0.1, 0.15) is 0 Å². The van der Waals surface area contributed by atoms with Crippen LogP contribution in [-0.4, -0.2) is 21.1 Å². The Morgan fingerprint density at radius 3 is 2.77 bits per heavy atom. The SMILES string of the molecule is Cc1cc(=O)[nH]c(SC(C)C(=O)Nc2cc(Cl)ccc2Cl)n1. The van der Waals surface area contributed by atoms with E-state index in [2.05, 4.69) is 15.3 Å². The molecule has 22 heavy (non-hydrogen) atoms. The summed E-state index contributed by atoms with van der Waals surface area (Å²) in [6, 6.07) is 6.21. The maximum Gasteiger partial charge on any atom is 0.251 e. The van der Waals surface area contributed by atoms with E-state index in [0.29, 0.717) is 26.6 Å². The monoisotopic (exact) mass is 357 g/mol. The second kappa shape index (κ2) is 7.17. The van der Waals surface area contributed by atoms with Gasteiger partial charge in [-0.15, -0.1) is 0 Å². The van der Waals surface area contributed by atoms with E-state index in [1.54, 1.807) is 32.0 Å².